The lowest BCUT2D eigenvalue weighted by molar-refractivity contribution is -0.274. The molecule has 1 aliphatic heterocycles. The van der Waals surface area contributed by atoms with Crippen LogP contribution in [0.4, 0.5) is 24.5 Å². The van der Waals surface area contributed by atoms with E-state index in [-0.39, 0.29) is 25.0 Å². The number of ether oxygens (including phenoxy) is 4. The molecule has 0 radical (unpaired) electrons. The van der Waals surface area contributed by atoms with E-state index >= 15 is 0 Å². The van der Waals surface area contributed by atoms with E-state index in [4.69, 9.17) is 25.8 Å². The van der Waals surface area contributed by atoms with E-state index in [0.29, 0.717) is 46.3 Å². The van der Waals surface area contributed by atoms with E-state index in [1.165, 1.54) is 37.3 Å². The van der Waals surface area contributed by atoms with Gasteiger partial charge in [-0.3, -0.25) is 9.59 Å². The Morgan fingerprint density at radius 2 is 1.72 bits per heavy atom. The minimum absolute atomic E-state index is 0.242. The van der Waals surface area contributed by atoms with Gasteiger partial charge in [0.25, 0.3) is 5.91 Å². The summed E-state index contributed by atoms with van der Waals surface area (Å²) in [5.74, 6) is -0.0999. The highest BCUT2D eigenvalue weighted by molar-refractivity contribution is 6.30. The number of methoxy groups -OCH3 is 2. The van der Waals surface area contributed by atoms with Crippen molar-refractivity contribution in [2.75, 3.05) is 37.6 Å². The zero-order chi connectivity index (χ0) is 30.8. The lowest BCUT2D eigenvalue weighted by Crippen LogP contribution is -2.37. The standard InChI is InChI=1S/C31H30ClF3N2O6/c1-40-24-15-22(16-25(17-24)42-14-12-30(10-11-30)29(39)41-2)36-27(20-3-6-21(32)7-4-20)28(38)37-13-9-19-5-8-23(18-26(19)37)43-31(33,34)35/h3-8,15-18,27,36H,9-14H2,1-2H3. The molecule has 43 heavy (non-hydrogen) atoms. The first-order chi connectivity index (χ1) is 20.5. The topological polar surface area (TPSA) is 86.3 Å². The van der Waals surface area contributed by atoms with E-state index < -0.39 is 23.6 Å². The second-order valence-electron chi connectivity index (χ2n) is 10.5. The molecule has 1 aliphatic carbocycles. The third kappa shape index (κ3) is 7.10. The summed E-state index contributed by atoms with van der Waals surface area (Å²) in [5.41, 5.74) is 1.67. The van der Waals surface area contributed by atoms with Crippen molar-refractivity contribution < 1.29 is 41.7 Å². The second kappa shape index (κ2) is 12.2. The Hall–Kier alpha value is -4.12. The highest BCUT2D eigenvalue weighted by atomic mass is 35.5. The van der Waals surface area contributed by atoms with Gasteiger partial charge in [-0.15, -0.1) is 13.2 Å². The summed E-state index contributed by atoms with van der Waals surface area (Å²) in [6.07, 6.45) is -2.38. The molecular formula is C31H30ClF3N2O6. The molecule has 0 bridgehead atoms. The Bertz CT molecular complexity index is 1490. The Balaban J connectivity index is 1.40. The van der Waals surface area contributed by atoms with Gasteiger partial charge >= 0.3 is 12.3 Å². The summed E-state index contributed by atoms with van der Waals surface area (Å²) in [6.45, 7) is 0.554. The Labute approximate surface area is 251 Å². The van der Waals surface area contributed by atoms with E-state index in [0.717, 1.165) is 18.4 Å². The van der Waals surface area contributed by atoms with E-state index in [2.05, 4.69) is 10.1 Å². The van der Waals surface area contributed by atoms with Crippen molar-refractivity contribution in [3.63, 3.8) is 0 Å². The van der Waals surface area contributed by atoms with Crippen molar-refractivity contribution in [1.82, 2.24) is 0 Å². The van der Waals surface area contributed by atoms with Gasteiger partial charge in [0, 0.05) is 41.5 Å². The molecule has 3 aromatic rings. The van der Waals surface area contributed by atoms with Crippen molar-refractivity contribution in [1.29, 1.82) is 0 Å². The Morgan fingerprint density at radius 3 is 2.37 bits per heavy atom. The van der Waals surface area contributed by atoms with Gasteiger partial charge in [0.2, 0.25) is 0 Å². The average Bonchev–Trinajstić information content (AvgIpc) is 3.65. The van der Waals surface area contributed by atoms with Crippen molar-refractivity contribution in [2.24, 2.45) is 5.41 Å². The smallest absolute Gasteiger partial charge is 0.497 e. The zero-order valence-corrected chi connectivity index (χ0v) is 24.3. The molecular weight excluding hydrogens is 589 g/mol. The lowest BCUT2D eigenvalue weighted by Gasteiger charge is -2.27. The van der Waals surface area contributed by atoms with Crippen LogP contribution in [0.1, 0.15) is 36.4 Å². The van der Waals surface area contributed by atoms with E-state index in [1.54, 1.807) is 42.5 Å². The fourth-order valence-electron chi connectivity index (χ4n) is 5.19. The molecule has 228 valence electrons. The first kappa shape index (κ1) is 30.3. The predicted molar refractivity (Wildman–Crippen MR) is 154 cm³/mol. The molecule has 2 aliphatic rings. The summed E-state index contributed by atoms with van der Waals surface area (Å²) in [5, 5.41) is 3.74. The molecule has 1 amide bonds. The molecule has 12 heteroatoms. The number of amides is 1. The first-order valence-electron chi connectivity index (χ1n) is 13.6. The molecule has 1 unspecified atom stereocenters. The van der Waals surface area contributed by atoms with Crippen LogP contribution < -0.4 is 24.4 Å². The number of halogens is 4. The van der Waals surface area contributed by atoms with Crippen LogP contribution in [0.25, 0.3) is 0 Å². The summed E-state index contributed by atoms with van der Waals surface area (Å²) < 4.78 is 59.1. The van der Waals surface area contributed by atoms with Gasteiger partial charge in [-0.05, 0) is 55.0 Å². The van der Waals surface area contributed by atoms with Crippen LogP contribution in [0.15, 0.2) is 60.7 Å². The number of nitrogens with one attached hydrogen (secondary N) is 1. The number of rotatable bonds is 11. The normalized spacial score (nSPS) is 15.7. The van der Waals surface area contributed by atoms with Gasteiger partial charge in [0.05, 0.1) is 31.9 Å². The molecule has 1 saturated carbocycles. The maximum Gasteiger partial charge on any atom is 0.573 e. The number of esters is 1. The van der Waals surface area contributed by atoms with Crippen molar-refractivity contribution in [3.8, 4) is 17.2 Å². The molecule has 5 rings (SSSR count). The van der Waals surface area contributed by atoms with Gasteiger partial charge < -0.3 is 29.2 Å². The predicted octanol–water partition coefficient (Wildman–Crippen LogP) is 6.71. The monoisotopic (exact) mass is 618 g/mol. The maximum absolute atomic E-state index is 14.1. The Kier molecular flexibility index (Phi) is 8.64. The number of carbonyl (C=O) groups excluding carboxylic acids is 2. The average molecular weight is 619 g/mol. The third-order valence-electron chi connectivity index (χ3n) is 7.65. The fourth-order valence-corrected chi connectivity index (χ4v) is 5.32. The number of nitrogens with zero attached hydrogens (tertiary/aromatic N) is 1. The lowest BCUT2D eigenvalue weighted by atomic mass is 10.0. The highest BCUT2D eigenvalue weighted by Crippen LogP contribution is 2.49. The molecule has 0 saturated heterocycles. The number of hydrogen-bond donors (Lipinski definition) is 1. The summed E-state index contributed by atoms with van der Waals surface area (Å²) >= 11 is 6.11. The Morgan fingerprint density at radius 1 is 1.00 bits per heavy atom. The van der Waals surface area contributed by atoms with Gasteiger partial charge in [0.1, 0.15) is 23.3 Å². The quantitative estimate of drug-likeness (QED) is 0.239. The minimum atomic E-state index is -4.86. The SMILES string of the molecule is COC(=O)C1(CCOc2cc(NC(C(=O)N3CCc4ccc(OC(F)(F)F)cc43)c3ccc(Cl)cc3)cc(OC)c2)CC1. The molecule has 1 N–H and O–H groups in total. The van der Waals surface area contributed by atoms with Crippen LogP contribution in [0.5, 0.6) is 17.2 Å². The molecule has 8 nitrogen and oxygen atoms in total. The fraction of sp³-hybridized carbons (Fsp3) is 0.355. The van der Waals surface area contributed by atoms with Crippen molar-refractivity contribution >= 4 is 34.9 Å². The molecule has 1 atom stereocenters. The first-order valence-corrected chi connectivity index (χ1v) is 14.0. The molecule has 1 heterocycles. The van der Waals surface area contributed by atoms with E-state index in [1.807, 2.05) is 0 Å². The van der Waals surface area contributed by atoms with Gasteiger partial charge in [-0.2, -0.15) is 0 Å². The number of hydrogen-bond acceptors (Lipinski definition) is 7. The van der Waals surface area contributed by atoms with Crippen LogP contribution in [-0.2, 0) is 20.7 Å². The molecule has 0 spiro atoms. The van der Waals surface area contributed by atoms with Gasteiger partial charge in [-0.25, -0.2) is 0 Å². The second-order valence-corrected chi connectivity index (χ2v) is 10.9. The van der Waals surface area contributed by atoms with Crippen molar-refractivity contribution in [3.05, 3.63) is 76.8 Å². The van der Waals surface area contributed by atoms with Crippen LogP contribution in [-0.4, -0.2) is 45.6 Å². The van der Waals surface area contributed by atoms with Crippen LogP contribution >= 0.6 is 11.6 Å². The third-order valence-corrected chi connectivity index (χ3v) is 7.90. The largest absolute Gasteiger partial charge is 0.573 e. The number of fused-ring (bicyclic) bond motifs is 1. The number of alkyl halides is 3. The highest BCUT2D eigenvalue weighted by Gasteiger charge is 2.50. The minimum Gasteiger partial charge on any atom is -0.497 e. The maximum atomic E-state index is 14.1. The molecule has 3 aromatic carbocycles. The zero-order valence-electron chi connectivity index (χ0n) is 23.5. The summed E-state index contributed by atoms with van der Waals surface area (Å²) in [7, 11) is 2.88. The number of carbonyl (C=O) groups is 2. The van der Waals surface area contributed by atoms with E-state index in [9.17, 15) is 22.8 Å². The van der Waals surface area contributed by atoms with Crippen molar-refractivity contribution in [2.45, 2.75) is 38.1 Å². The van der Waals surface area contributed by atoms with Gasteiger partial charge in [0.15, 0.2) is 0 Å². The molecule has 1 fully saturated rings. The van der Waals surface area contributed by atoms with Crippen LogP contribution in [0.3, 0.4) is 0 Å². The van der Waals surface area contributed by atoms with Gasteiger partial charge in [-0.1, -0.05) is 29.8 Å². The van der Waals surface area contributed by atoms with Crippen LogP contribution in [0, 0.1) is 5.41 Å². The summed E-state index contributed by atoms with van der Waals surface area (Å²) in [6, 6.07) is 14.9. The van der Waals surface area contributed by atoms with Crippen LogP contribution in [0.2, 0.25) is 5.02 Å². The number of anilines is 2. The number of benzene rings is 3. The summed E-state index contributed by atoms with van der Waals surface area (Å²) in [4.78, 5) is 27.6. The molecule has 0 aromatic heterocycles.